The van der Waals surface area contributed by atoms with Gasteiger partial charge in [0.05, 0.1) is 13.0 Å². The summed E-state index contributed by atoms with van der Waals surface area (Å²) in [5.41, 5.74) is 2.99. The summed E-state index contributed by atoms with van der Waals surface area (Å²) in [6.07, 6.45) is 0.951. The first kappa shape index (κ1) is 18.0. The average Bonchev–Trinajstić information content (AvgIpc) is 3.04. The van der Waals surface area contributed by atoms with Gasteiger partial charge in [-0.1, -0.05) is 36.4 Å². The molecule has 1 unspecified atom stereocenters. The quantitative estimate of drug-likeness (QED) is 0.870. The molecule has 1 fully saturated rings. The molecule has 5 nitrogen and oxygen atoms in total. The maximum Gasteiger partial charge on any atom is 0.227 e. The monoisotopic (exact) mass is 352 g/mol. The second kappa shape index (κ2) is 8.04. The maximum absolute atomic E-state index is 12.5. The summed E-state index contributed by atoms with van der Waals surface area (Å²) < 4.78 is 5.33. The Bertz CT molecular complexity index is 803. The smallest absolute Gasteiger partial charge is 0.227 e. The highest BCUT2D eigenvalue weighted by Crippen LogP contribution is 2.27. The predicted octanol–water partition coefficient (Wildman–Crippen LogP) is 2.72. The van der Waals surface area contributed by atoms with E-state index >= 15 is 0 Å². The second-order valence-electron chi connectivity index (χ2n) is 6.54. The minimum Gasteiger partial charge on any atom is -0.496 e. The van der Waals surface area contributed by atoms with Crippen LogP contribution >= 0.6 is 0 Å². The Kier molecular flexibility index (Phi) is 5.56. The maximum atomic E-state index is 12.5. The Morgan fingerprint density at radius 1 is 1.19 bits per heavy atom. The van der Waals surface area contributed by atoms with Crippen molar-refractivity contribution < 1.29 is 14.3 Å². The number of carbonyl (C=O) groups is 2. The molecule has 0 aliphatic carbocycles. The first-order chi connectivity index (χ1) is 12.6. The highest BCUT2D eigenvalue weighted by Gasteiger charge is 2.35. The molecule has 2 aromatic rings. The van der Waals surface area contributed by atoms with Crippen molar-refractivity contribution in [2.24, 2.45) is 5.92 Å². The van der Waals surface area contributed by atoms with E-state index < -0.39 is 0 Å². The van der Waals surface area contributed by atoms with Gasteiger partial charge in [0.2, 0.25) is 11.8 Å². The van der Waals surface area contributed by atoms with Crippen LogP contribution in [0.2, 0.25) is 0 Å². The standard InChI is InChI=1S/C21H24N2O3/c1-15-7-3-5-9-18(15)23-14-17(13-20(23)24)21(25)22-12-11-16-8-4-6-10-19(16)26-2/h3-10,17H,11-14H2,1-2H3,(H,22,25). The van der Waals surface area contributed by atoms with E-state index in [1.54, 1.807) is 12.0 Å². The number of rotatable bonds is 6. The SMILES string of the molecule is COc1ccccc1CCNC(=O)C1CC(=O)N(c2ccccc2C)C1. The highest BCUT2D eigenvalue weighted by atomic mass is 16.5. The van der Waals surface area contributed by atoms with E-state index in [-0.39, 0.29) is 24.2 Å². The summed E-state index contributed by atoms with van der Waals surface area (Å²) in [5, 5.41) is 2.96. The molecule has 0 bridgehead atoms. The summed E-state index contributed by atoms with van der Waals surface area (Å²) >= 11 is 0. The predicted molar refractivity (Wildman–Crippen MR) is 101 cm³/mol. The van der Waals surface area contributed by atoms with Crippen LogP contribution in [-0.2, 0) is 16.0 Å². The topological polar surface area (TPSA) is 58.6 Å². The first-order valence-corrected chi connectivity index (χ1v) is 8.85. The van der Waals surface area contributed by atoms with E-state index in [4.69, 9.17) is 4.74 Å². The largest absolute Gasteiger partial charge is 0.496 e. The van der Waals surface area contributed by atoms with Crippen LogP contribution in [0, 0.1) is 12.8 Å². The number of amides is 2. The molecule has 1 aliphatic heterocycles. The van der Waals surface area contributed by atoms with Gasteiger partial charge >= 0.3 is 0 Å². The zero-order chi connectivity index (χ0) is 18.5. The van der Waals surface area contributed by atoms with Crippen molar-refractivity contribution in [3.05, 3.63) is 59.7 Å². The Balaban J connectivity index is 1.56. The fraction of sp³-hybridized carbons (Fsp3) is 0.333. The lowest BCUT2D eigenvalue weighted by Gasteiger charge is -2.19. The Labute approximate surface area is 154 Å². The molecule has 1 atom stereocenters. The van der Waals surface area contributed by atoms with Gasteiger partial charge in [-0.3, -0.25) is 9.59 Å². The van der Waals surface area contributed by atoms with Crippen molar-refractivity contribution in [3.63, 3.8) is 0 Å². The molecule has 2 amide bonds. The van der Waals surface area contributed by atoms with Gasteiger partial charge in [-0.25, -0.2) is 0 Å². The fourth-order valence-electron chi connectivity index (χ4n) is 3.36. The van der Waals surface area contributed by atoms with Crippen LogP contribution in [0.15, 0.2) is 48.5 Å². The molecule has 5 heteroatoms. The Morgan fingerprint density at radius 3 is 2.69 bits per heavy atom. The molecule has 1 heterocycles. The molecule has 2 aromatic carbocycles. The van der Waals surface area contributed by atoms with Gasteiger partial charge in [0.1, 0.15) is 5.75 Å². The van der Waals surface area contributed by atoms with Crippen LogP contribution < -0.4 is 15.0 Å². The summed E-state index contributed by atoms with van der Waals surface area (Å²) in [6.45, 7) is 2.93. The highest BCUT2D eigenvalue weighted by molar-refractivity contribution is 6.00. The van der Waals surface area contributed by atoms with E-state index in [0.717, 1.165) is 22.6 Å². The van der Waals surface area contributed by atoms with Crippen LogP contribution in [0.5, 0.6) is 5.75 Å². The molecule has 0 saturated carbocycles. The van der Waals surface area contributed by atoms with Gasteiger partial charge in [-0.15, -0.1) is 0 Å². The van der Waals surface area contributed by atoms with Crippen molar-refractivity contribution in [1.29, 1.82) is 0 Å². The third kappa shape index (κ3) is 3.87. The molecular weight excluding hydrogens is 328 g/mol. The van der Waals surface area contributed by atoms with E-state index in [9.17, 15) is 9.59 Å². The van der Waals surface area contributed by atoms with Crippen molar-refractivity contribution in [2.45, 2.75) is 19.8 Å². The number of nitrogens with one attached hydrogen (secondary N) is 1. The lowest BCUT2D eigenvalue weighted by atomic mass is 10.1. The second-order valence-corrected chi connectivity index (χ2v) is 6.54. The van der Waals surface area contributed by atoms with Gasteiger partial charge in [0.15, 0.2) is 0 Å². The third-order valence-corrected chi connectivity index (χ3v) is 4.79. The molecule has 0 radical (unpaired) electrons. The summed E-state index contributed by atoms with van der Waals surface area (Å²) in [5.74, 6) is 0.455. The number of hydrogen-bond acceptors (Lipinski definition) is 3. The average molecular weight is 352 g/mol. The number of methoxy groups -OCH3 is 1. The molecule has 0 spiro atoms. The Morgan fingerprint density at radius 2 is 1.92 bits per heavy atom. The van der Waals surface area contributed by atoms with E-state index in [1.165, 1.54) is 0 Å². The van der Waals surface area contributed by atoms with Crippen molar-refractivity contribution in [1.82, 2.24) is 5.32 Å². The Hall–Kier alpha value is -2.82. The van der Waals surface area contributed by atoms with E-state index in [0.29, 0.717) is 19.5 Å². The summed E-state index contributed by atoms with van der Waals surface area (Å²) in [4.78, 5) is 26.5. The van der Waals surface area contributed by atoms with Crippen LogP contribution in [-0.4, -0.2) is 32.0 Å². The molecule has 1 aliphatic rings. The van der Waals surface area contributed by atoms with Crippen LogP contribution in [0.3, 0.4) is 0 Å². The van der Waals surface area contributed by atoms with Gasteiger partial charge < -0.3 is 15.0 Å². The summed E-state index contributed by atoms with van der Waals surface area (Å²) in [7, 11) is 1.64. The first-order valence-electron chi connectivity index (χ1n) is 8.85. The lowest BCUT2D eigenvalue weighted by molar-refractivity contribution is -0.126. The summed E-state index contributed by atoms with van der Waals surface area (Å²) in [6, 6.07) is 15.5. The zero-order valence-corrected chi connectivity index (χ0v) is 15.2. The van der Waals surface area contributed by atoms with Crippen molar-refractivity contribution in [2.75, 3.05) is 25.1 Å². The van der Waals surface area contributed by atoms with Crippen LogP contribution in [0.1, 0.15) is 17.5 Å². The normalized spacial score (nSPS) is 16.6. The van der Waals surface area contributed by atoms with Gasteiger partial charge in [-0.05, 0) is 36.6 Å². The molecule has 26 heavy (non-hydrogen) atoms. The molecule has 1 saturated heterocycles. The van der Waals surface area contributed by atoms with Crippen molar-refractivity contribution in [3.8, 4) is 5.75 Å². The number of benzene rings is 2. The molecule has 136 valence electrons. The number of hydrogen-bond donors (Lipinski definition) is 1. The molecule has 3 rings (SSSR count). The van der Waals surface area contributed by atoms with Gasteiger partial charge in [-0.2, -0.15) is 0 Å². The minimum atomic E-state index is -0.306. The van der Waals surface area contributed by atoms with Crippen LogP contribution in [0.25, 0.3) is 0 Å². The number of aryl methyl sites for hydroxylation is 1. The number of nitrogens with zero attached hydrogens (tertiary/aromatic N) is 1. The number of carbonyl (C=O) groups excluding carboxylic acids is 2. The lowest BCUT2D eigenvalue weighted by Crippen LogP contribution is -2.34. The number of para-hydroxylation sites is 2. The molecule has 0 aromatic heterocycles. The van der Waals surface area contributed by atoms with Crippen molar-refractivity contribution >= 4 is 17.5 Å². The number of ether oxygens (including phenoxy) is 1. The molecular formula is C21H24N2O3. The van der Waals surface area contributed by atoms with Gasteiger partial charge in [0, 0.05) is 25.2 Å². The fourth-order valence-corrected chi connectivity index (χ4v) is 3.36. The van der Waals surface area contributed by atoms with Gasteiger partial charge in [0.25, 0.3) is 0 Å². The van der Waals surface area contributed by atoms with E-state index in [1.807, 2.05) is 55.5 Å². The molecule has 1 N–H and O–H groups in total. The number of anilines is 1. The third-order valence-electron chi connectivity index (χ3n) is 4.79. The minimum absolute atomic E-state index is 0.00387. The van der Waals surface area contributed by atoms with Crippen LogP contribution in [0.4, 0.5) is 5.69 Å². The zero-order valence-electron chi connectivity index (χ0n) is 15.2. The van der Waals surface area contributed by atoms with E-state index in [2.05, 4.69) is 5.32 Å².